The molecule has 200 valence electrons. The number of aliphatic hydroxyl groups is 2. The molecule has 0 aromatic rings. The number of rotatable bonds is 7. The van der Waals surface area contributed by atoms with Crippen LogP contribution in [0.1, 0.15) is 91.9 Å². The Labute approximate surface area is 212 Å². The quantitative estimate of drug-likeness (QED) is 0.461. The van der Waals surface area contributed by atoms with Crippen LogP contribution in [0.15, 0.2) is 0 Å². The van der Waals surface area contributed by atoms with E-state index in [0.717, 1.165) is 32.1 Å². The highest BCUT2D eigenvalue weighted by Gasteiger charge is 2.62. The molecule has 0 aromatic heterocycles. The van der Waals surface area contributed by atoms with Gasteiger partial charge in [0.1, 0.15) is 0 Å². The zero-order chi connectivity index (χ0) is 25.5. The molecule has 6 heteroatoms. The Morgan fingerprint density at radius 1 is 1.00 bits per heavy atom. The lowest BCUT2D eigenvalue weighted by Crippen LogP contribution is -2.58. The van der Waals surface area contributed by atoms with Gasteiger partial charge < -0.3 is 20.3 Å². The zero-order valence-electron chi connectivity index (χ0n) is 22.6. The van der Waals surface area contributed by atoms with Crippen molar-refractivity contribution in [1.82, 2.24) is 5.32 Å². The summed E-state index contributed by atoms with van der Waals surface area (Å²) in [6.45, 7) is 9.34. The third kappa shape index (κ3) is 4.91. The third-order valence-corrected chi connectivity index (χ3v) is 11.5. The average molecular weight is 492 g/mol. The predicted molar refractivity (Wildman–Crippen MR) is 135 cm³/mol. The normalized spacial score (nSPS) is 44.4. The number of fused-ring (bicyclic) bond motifs is 5. The lowest BCUT2D eigenvalue weighted by atomic mass is 9.43. The van der Waals surface area contributed by atoms with Gasteiger partial charge in [-0.25, -0.2) is 0 Å². The predicted octanol–water partition coefficient (Wildman–Crippen LogP) is 4.32. The van der Waals surface area contributed by atoms with E-state index < -0.39 is 0 Å². The third-order valence-electron chi connectivity index (χ3n) is 11.5. The van der Waals surface area contributed by atoms with Crippen molar-refractivity contribution in [2.45, 2.75) is 104 Å². The first-order valence-electron chi connectivity index (χ1n) is 14.2. The molecule has 4 aliphatic carbocycles. The molecule has 3 N–H and O–H groups in total. The molecule has 4 fully saturated rings. The molecular formula is C29H49NO5. The van der Waals surface area contributed by atoms with Crippen molar-refractivity contribution in [3.63, 3.8) is 0 Å². The Morgan fingerprint density at radius 2 is 1.69 bits per heavy atom. The molecule has 0 bridgehead atoms. The van der Waals surface area contributed by atoms with Gasteiger partial charge in [-0.05, 0) is 104 Å². The Morgan fingerprint density at radius 3 is 2.40 bits per heavy atom. The molecule has 11 atom stereocenters. The second-order valence-electron chi connectivity index (χ2n) is 13.2. The Balaban J connectivity index is 1.37. The van der Waals surface area contributed by atoms with Gasteiger partial charge in [-0.1, -0.05) is 27.7 Å². The Bertz CT molecular complexity index is 787. The van der Waals surface area contributed by atoms with E-state index in [1.54, 1.807) is 6.92 Å². The molecule has 7 unspecified atom stereocenters. The number of carbonyl (C=O) groups excluding carboxylic acids is 2. The van der Waals surface area contributed by atoms with Gasteiger partial charge in [-0.15, -0.1) is 0 Å². The van der Waals surface area contributed by atoms with Crippen LogP contribution in [0.3, 0.4) is 0 Å². The fraction of sp³-hybridized carbons (Fsp3) is 0.931. The van der Waals surface area contributed by atoms with Crippen LogP contribution < -0.4 is 5.32 Å². The van der Waals surface area contributed by atoms with Crippen LogP contribution in [0.2, 0.25) is 0 Å². The minimum atomic E-state index is -0.332. The minimum Gasteiger partial charge on any atom is -0.469 e. The number of aliphatic hydroxyl groups excluding tert-OH is 2. The summed E-state index contributed by atoms with van der Waals surface area (Å²) in [4.78, 5) is 24.0. The molecule has 0 aliphatic heterocycles. The van der Waals surface area contributed by atoms with Gasteiger partial charge in [0.05, 0.1) is 25.2 Å². The van der Waals surface area contributed by atoms with E-state index in [-0.39, 0.29) is 40.8 Å². The minimum absolute atomic E-state index is 0.0113. The second-order valence-corrected chi connectivity index (χ2v) is 13.2. The van der Waals surface area contributed by atoms with Crippen molar-refractivity contribution >= 4 is 11.9 Å². The van der Waals surface area contributed by atoms with Gasteiger partial charge in [0, 0.05) is 13.0 Å². The van der Waals surface area contributed by atoms with Crippen molar-refractivity contribution in [2.24, 2.45) is 52.3 Å². The summed E-state index contributed by atoms with van der Waals surface area (Å²) < 4.78 is 4.74. The number of esters is 1. The fourth-order valence-corrected chi connectivity index (χ4v) is 9.38. The number of hydrogen-bond donors (Lipinski definition) is 3. The maximum atomic E-state index is 12.4. The Hall–Kier alpha value is -1.14. The van der Waals surface area contributed by atoms with E-state index in [2.05, 4.69) is 26.1 Å². The molecule has 35 heavy (non-hydrogen) atoms. The lowest BCUT2D eigenvalue weighted by molar-refractivity contribution is -0.174. The number of hydrogen-bond acceptors (Lipinski definition) is 5. The first-order chi connectivity index (χ1) is 16.5. The summed E-state index contributed by atoms with van der Waals surface area (Å²) in [5, 5.41) is 24.6. The van der Waals surface area contributed by atoms with E-state index in [1.807, 2.05) is 0 Å². The molecule has 4 aliphatic rings. The van der Waals surface area contributed by atoms with Crippen LogP contribution in [0.5, 0.6) is 0 Å². The van der Waals surface area contributed by atoms with Crippen LogP contribution in [-0.2, 0) is 14.3 Å². The summed E-state index contributed by atoms with van der Waals surface area (Å²) in [6.07, 6.45) is 9.42. The SMILES string of the molecule is COC(=O)C(C)CNC(=O)CCC(C)C1CCC2C3C(O)C[C@@H]4C[C@H](O)CC[C@]4(C)C3CC[C@]12C. The molecule has 4 rings (SSSR count). The Kier molecular flexibility index (Phi) is 7.93. The number of amides is 1. The van der Waals surface area contributed by atoms with E-state index in [1.165, 1.54) is 32.8 Å². The average Bonchev–Trinajstić information content (AvgIpc) is 3.18. The molecule has 1 amide bonds. The zero-order valence-corrected chi connectivity index (χ0v) is 22.6. The van der Waals surface area contributed by atoms with Gasteiger partial charge in [-0.2, -0.15) is 0 Å². The first kappa shape index (κ1) is 26.9. The highest BCUT2D eigenvalue weighted by molar-refractivity contribution is 5.77. The van der Waals surface area contributed by atoms with Gasteiger partial charge >= 0.3 is 5.97 Å². The summed E-state index contributed by atoms with van der Waals surface area (Å²) in [5.41, 5.74) is 0.488. The highest BCUT2D eigenvalue weighted by Crippen LogP contribution is 2.68. The molecule has 4 saturated carbocycles. The van der Waals surface area contributed by atoms with Crippen LogP contribution in [0, 0.1) is 52.3 Å². The number of carbonyl (C=O) groups is 2. The molecule has 0 saturated heterocycles. The van der Waals surface area contributed by atoms with Crippen molar-refractivity contribution in [2.75, 3.05) is 13.7 Å². The summed E-state index contributed by atoms with van der Waals surface area (Å²) in [5.74, 6) is 2.38. The van der Waals surface area contributed by atoms with Gasteiger partial charge in [0.2, 0.25) is 5.91 Å². The largest absolute Gasteiger partial charge is 0.469 e. The number of ether oxygens (including phenoxy) is 1. The molecule has 0 spiro atoms. The van der Waals surface area contributed by atoms with E-state index in [0.29, 0.717) is 48.5 Å². The topological polar surface area (TPSA) is 95.9 Å². The maximum absolute atomic E-state index is 12.4. The molecule has 0 radical (unpaired) electrons. The van der Waals surface area contributed by atoms with Crippen molar-refractivity contribution in [3.8, 4) is 0 Å². The van der Waals surface area contributed by atoms with Crippen LogP contribution >= 0.6 is 0 Å². The fourth-order valence-electron chi connectivity index (χ4n) is 9.38. The second kappa shape index (κ2) is 10.3. The van der Waals surface area contributed by atoms with E-state index in [4.69, 9.17) is 4.74 Å². The van der Waals surface area contributed by atoms with Crippen molar-refractivity contribution in [1.29, 1.82) is 0 Å². The van der Waals surface area contributed by atoms with E-state index >= 15 is 0 Å². The lowest BCUT2D eigenvalue weighted by Gasteiger charge is -2.62. The smallest absolute Gasteiger partial charge is 0.310 e. The summed E-state index contributed by atoms with van der Waals surface area (Å²) >= 11 is 0. The van der Waals surface area contributed by atoms with Gasteiger partial charge in [-0.3, -0.25) is 9.59 Å². The van der Waals surface area contributed by atoms with Gasteiger partial charge in [0.15, 0.2) is 0 Å². The van der Waals surface area contributed by atoms with Crippen molar-refractivity contribution in [3.05, 3.63) is 0 Å². The summed E-state index contributed by atoms with van der Waals surface area (Å²) in [7, 11) is 1.37. The standard InChI is InChI=1S/C29H49NO5/c1-17(6-9-25(33)30-16-18(2)27(34)35-5)21-7-8-22-26-23(11-13-29(21,22)4)28(3)12-10-20(31)14-19(28)15-24(26)32/h17-24,26,31-32H,6-16H2,1-5H3,(H,30,33)/t17?,18?,19-,20+,21?,22?,23?,24?,26?,28-,29+/m0/s1. The highest BCUT2D eigenvalue weighted by atomic mass is 16.5. The van der Waals surface area contributed by atoms with Gasteiger partial charge in [0.25, 0.3) is 0 Å². The summed E-state index contributed by atoms with van der Waals surface area (Å²) in [6, 6.07) is 0. The van der Waals surface area contributed by atoms with Crippen LogP contribution in [0.25, 0.3) is 0 Å². The number of nitrogens with one attached hydrogen (secondary N) is 1. The van der Waals surface area contributed by atoms with Crippen LogP contribution in [-0.4, -0.2) is 48.0 Å². The molecule has 6 nitrogen and oxygen atoms in total. The monoisotopic (exact) mass is 491 g/mol. The number of methoxy groups -OCH3 is 1. The van der Waals surface area contributed by atoms with Crippen LogP contribution in [0.4, 0.5) is 0 Å². The van der Waals surface area contributed by atoms with E-state index in [9.17, 15) is 19.8 Å². The maximum Gasteiger partial charge on any atom is 0.310 e. The molecular weight excluding hydrogens is 442 g/mol. The van der Waals surface area contributed by atoms with Crippen molar-refractivity contribution < 1.29 is 24.5 Å². The first-order valence-corrected chi connectivity index (χ1v) is 14.2. The molecule has 0 heterocycles. The molecule has 0 aromatic carbocycles.